The highest BCUT2D eigenvalue weighted by Gasteiger charge is 2.26. The van der Waals surface area contributed by atoms with Crippen LogP contribution < -0.4 is 20.9 Å². The maximum atomic E-state index is 12.7. The van der Waals surface area contributed by atoms with Crippen LogP contribution in [0.25, 0.3) is 0 Å². The number of guanidine groups is 1. The summed E-state index contributed by atoms with van der Waals surface area (Å²) in [5, 5.41) is 6.48. The van der Waals surface area contributed by atoms with E-state index in [1.165, 1.54) is 6.07 Å². The van der Waals surface area contributed by atoms with Gasteiger partial charge in [0.15, 0.2) is 5.96 Å². The number of aryl methyl sites for hydroxylation is 2. The van der Waals surface area contributed by atoms with Crippen LogP contribution in [-0.2, 0) is 6.54 Å². The number of ether oxygens (including phenoxy) is 1. The fraction of sp³-hybridized carbons (Fsp3) is 0.227. The van der Waals surface area contributed by atoms with Gasteiger partial charge in [0.1, 0.15) is 11.9 Å². The Bertz CT molecular complexity index is 1100. The Morgan fingerprint density at radius 3 is 2.52 bits per heavy atom. The average molecular weight is 389 g/mol. The van der Waals surface area contributed by atoms with Crippen molar-refractivity contribution in [2.75, 3.05) is 12.4 Å². The second-order valence-electron chi connectivity index (χ2n) is 7.02. The highest BCUT2D eigenvalue weighted by molar-refractivity contribution is 5.93. The Balaban J connectivity index is 1.68. The number of aliphatic imine (C=N–C) groups is 1. The third-order valence-corrected chi connectivity index (χ3v) is 4.81. The minimum Gasteiger partial charge on any atom is -0.497 e. The smallest absolute Gasteiger partial charge is 0.257 e. The molecule has 2 aromatic carbocycles. The molecule has 2 heterocycles. The van der Waals surface area contributed by atoms with Crippen molar-refractivity contribution in [1.29, 1.82) is 0 Å². The Labute approximate surface area is 169 Å². The van der Waals surface area contributed by atoms with Crippen LogP contribution in [0.2, 0.25) is 0 Å². The van der Waals surface area contributed by atoms with Gasteiger partial charge in [0.25, 0.3) is 5.56 Å². The summed E-state index contributed by atoms with van der Waals surface area (Å²) in [5.41, 5.74) is 3.71. The third-order valence-electron chi connectivity index (χ3n) is 4.81. The summed E-state index contributed by atoms with van der Waals surface area (Å²) < 4.78 is 6.81. The summed E-state index contributed by atoms with van der Waals surface area (Å²) in [6, 6.07) is 17.4. The van der Waals surface area contributed by atoms with Crippen molar-refractivity contribution in [3.8, 4) is 5.75 Å². The molecule has 0 saturated carbocycles. The molecular weight excluding hydrogens is 366 g/mol. The van der Waals surface area contributed by atoms with Crippen molar-refractivity contribution in [1.82, 2.24) is 14.9 Å². The molecule has 0 fully saturated rings. The van der Waals surface area contributed by atoms with E-state index in [-0.39, 0.29) is 11.7 Å². The Hall–Kier alpha value is -3.61. The molecule has 1 aromatic heterocycles. The second kappa shape index (κ2) is 7.79. The molecule has 29 heavy (non-hydrogen) atoms. The lowest BCUT2D eigenvalue weighted by Crippen LogP contribution is -2.48. The number of hydrogen-bond donors (Lipinski definition) is 2. The van der Waals surface area contributed by atoms with E-state index in [4.69, 9.17) is 4.74 Å². The summed E-state index contributed by atoms with van der Waals surface area (Å²) in [7, 11) is 1.64. The first-order valence-electron chi connectivity index (χ1n) is 9.41. The van der Waals surface area contributed by atoms with Crippen LogP contribution in [0.4, 0.5) is 5.95 Å². The van der Waals surface area contributed by atoms with Gasteiger partial charge < -0.3 is 10.1 Å². The van der Waals surface area contributed by atoms with Crippen LogP contribution in [0.15, 0.2) is 64.4 Å². The minimum atomic E-state index is -0.387. The first-order chi connectivity index (χ1) is 14.0. The molecule has 0 aliphatic carbocycles. The molecule has 0 amide bonds. The van der Waals surface area contributed by atoms with Crippen molar-refractivity contribution in [3.63, 3.8) is 0 Å². The van der Waals surface area contributed by atoms with E-state index in [1.54, 1.807) is 18.6 Å². The topological polar surface area (TPSA) is 80.5 Å². The first kappa shape index (κ1) is 18.7. The molecule has 2 N–H and O–H groups in total. The number of nitrogens with zero attached hydrogens (tertiary/aromatic N) is 3. The molecule has 1 aliphatic rings. The van der Waals surface area contributed by atoms with Gasteiger partial charge in [-0.15, -0.1) is 0 Å². The molecule has 0 radical (unpaired) electrons. The fourth-order valence-corrected chi connectivity index (χ4v) is 3.25. The fourth-order valence-electron chi connectivity index (χ4n) is 3.25. The number of nitrogens with one attached hydrogen (secondary N) is 2. The highest BCUT2D eigenvalue weighted by Crippen LogP contribution is 2.22. The summed E-state index contributed by atoms with van der Waals surface area (Å²) >= 11 is 0. The van der Waals surface area contributed by atoms with Crippen LogP contribution in [0, 0.1) is 13.8 Å². The lowest BCUT2D eigenvalue weighted by molar-refractivity contribution is 0.414. The normalized spacial score (nSPS) is 16.7. The minimum absolute atomic E-state index is 0.118. The zero-order chi connectivity index (χ0) is 20.4. The average Bonchev–Trinajstić information content (AvgIpc) is 2.72. The largest absolute Gasteiger partial charge is 0.497 e. The van der Waals surface area contributed by atoms with Gasteiger partial charge in [0.2, 0.25) is 5.95 Å². The number of fused-ring (bicyclic) bond motifs is 1. The predicted octanol–water partition coefficient (Wildman–Crippen LogP) is 2.99. The summed E-state index contributed by atoms with van der Waals surface area (Å²) in [6.07, 6.45) is -0.387. The number of rotatable bonds is 4. The molecule has 0 bridgehead atoms. The number of aromatic nitrogens is 2. The lowest BCUT2D eigenvalue weighted by Gasteiger charge is -2.31. The maximum Gasteiger partial charge on any atom is 0.257 e. The first-order valence-corrected chi connectivity index (χ1v) is 9.41. The predicted molar refractivity (Wildman–Crippen MR) is 113 cm³/mol. The van der Waals surface area contributed by atoms with Crippen molar-refractivity contribution in [2.24, 2.45) is 4.99 Å². The van der Waals surface area contributed by atoms with Crippen LogP contribution in [0.1, 0.15) is 28.6 Å². The van der Waals surface area contributed by atoms with Crippen LogP contribution >= 0.6 is 0 Å². The van der Waals surface area contributed by atoms with Crippen molar-refractivity contribution in [2.45, 2.75) is 26.6 Å². The standard InChI is InChI=1S/C22H23N5O2/c1-14-4-8-17(9-5-14)20-25-21(23-13-16-6-10-18(29-3)11-7-16)26-22-24-15(2)12-19(28)27(20)22/h4-12,20H,13H2,1-3H3,(H2,23,24,25,26)/t20-/m0/s1. The molecule has 148 valence electrons. The molecular formula is C22H23N5O2. The molecule has 7 nitrogen and oxygen atoms in total. The molecule has 1 aliphatic heterocycles. The number of anilines is 1. The van der Waals surface area contributed by atoms with Crippen LogP contribution in [-0.4, -0.2) is 22.6 Å². The van der Waals surface area contributed by atoms with E-state index < -0.39 is 0 Å². The zero-order valence-corrected chi connectivity index (χ0v) is 16.6. The SMILES string of the molecule is COc1ccc(CN=C2Nc3nc(C)cc(=O)n3[C@@H](c3ccc(C)cc3)N2)cc1. The van der Waals surface area contributed by atoms with E-state index in [1.807, 2.05) is 55.5 Å². The van der Waals surface area contributed by atoms with Gasteiger partial charge in [0, 0.05) is 11.8 Å². The number of hydrogen-bond acceptors (Lipinski definition) is 4. The molecule has 0 spiro atoms. The molecule has 3 aromatic rings. The molecule has 0 unspecified atom stereocenters. The van der Waals surface area contributed by atoms with Crippen molar-refractivity contribution < 1.29 is 4.74 Å². The second-order valence-corrected chi connectivity index (χ2v) is 7.02. The Morgan fingerprint density at radius 2 is 1.83 bits per heavy atom. The van der Waals surface area contributed by atoms with Crippen LogP contribution in [0.5, 0.6) is 5.75 Å². The van der Waals surface area contributed by atoms with Gasteiger partial charge in [-0.3, -0.25) is 14.7 Å². The van der Waals surface area contributed by atoms with E-state index in [0.717, 1.165) is 22.4 Å². The van der Waals surface area contributed by atoms with Crippen molar-refractivity contribution in [3.05, 3.63) is 87.3 Å². The zero-order valence-electron chi connectivity index (χ0n) is 16.6. The molecule has 7 heteroatoms. The lowest BCUT2D eigenvalue weighted by atomic mass is 10.1. The molecule has 0 saturated heterocycles. The van der Waals surface area contributed by atoms with Gasteiger partial charge in [0.05, 0.1) is 13.7 Å². The van der Waals surface area contributed by atoms with E-state index in [0.29, 0.717) is 24.1 Å². The van der Waals surface area contributed by atoms with Gasteiger partial charge >= 0.3 is 0 Å². The van der Waals surface area contributed by atoms with E-state index in [9.17, 15) is 4.79 Å². The van der Waals surface area contributed by atoms with Crippen molar-refractivity contribution >= 4 is 11.9 Å². The highest BCUT2D eigenvalue weighted by atomic mass is 16.5. The monoisotopic (exact) mass is 389 g/mol. The van der Waals surface area contributed by atoms with Gasteiger partial charge in [-0.25, -0.2) is 9.98 Å². The third kappa shape index (κ3) is 3.99. The number of benzene rings is 2. The Morgan fingerprint density at radius 1 is 1.10 bits per heavy atom. The summed E-state index contributed by atoms with van der Waals surface area (Å²) in [4.78, 5) is 21.8. The van der Waals surface area contributed by atoms with Gasteiger partial charge in [-0.2, -0.15) is 0 Å². The summed E-state index contributed by atoms with van der Waals surface area (Å²) in [6.45, 7) is 4.32. The molecule has 4 rings (SSSR count). The maximum absolute atomic E-state index is 12.7. The van der Waals surface area contributed by atoms with Crippen LogP contribution in [0.3, 0.4) is 0 Å². The summed E-state index contributed by atoms with van der Waals surface area (Å²) in [5.74, 6) is 1.86. The van der Waals surface area contributed by atoms with Gasteiger partial charge in [-0.1, -0.05) is 42.0 Å². The molecule has 1 atom stereocenters. The number of methoxy groups -OCH3 is 1. The Kier molecular flexibility index (Phi) is 5.03. The van der Waals surface area contributed by atoms with E-state index in [2.05, 4.69) is 20.6 Å². The van der Waals surface area contributed by atoms with Gasteiger partial charge in [-0.05, 0) is 37.1 Å². The van der Waals surface area contributed by atoms with E-state index >= 15 is 0 Å². The quantitative estimate of drug-likeness (QED) is 0.717.